The summed E-state index contributed by atoms with van der Waals surface area (Å²) in [5.41, 5.74) is 5.27. The van der Waals surface area contributed by atoms with Crippen molar-refractivity contribution in [2.45, 2.75) is 38.8 Å². The molecule has 0 radical (unpaired) electrons. The third-order valence-electron chi connectivity index (χ3n) is 5.14. The Morgan fingerprint density at radius 1 is 0.939 bits per heavy atom. The number of nitrogens with zero attached hydrogens (tertiary/aromatic N) is 2. The van der Waals surface area contributed by atoms with Gasteiger partial charge in [0, 0.05) is 22.7 Å². The normalized spacial score (nSPS) is 12.9. The predicted octanol–water partition coefficient (Wildman–Crippen LogP) is 2.34. The van der Waals surface area contributed by atoms with Gasteiger partial charge in [-0.3, -0.25) is 25.2 Å². The lowest BCUT2D eigenvalue weighted by molar-refractivity contribution is 0.0843. The van der Waals surface area contributed by atoms with Crippen LogP contribution in [0.25, 0.3) is 10.8 Å². The summed E-state index contributed by atoms with van der Waals surface area (Å²) >= 11 is 0. The number of anilines is 1. The molecule has 1 fully saturated rings. The van der Waals surface area contributed by atoms with E-state index >= 15 is 0 Å². The minimum Gasteiger partial charge on any atom is -0.335 e. The predicted molar refractivity (Wildman–Crippen MR) is 123 cm³/mol. The van der Waals surface area contributed by atoms with Crippen molar-refractivity contribution in [2.24, 2.45) is 0 Å². The highest BCUT2D eigenvalue weighted by Crippen LogP contribution is 2.19. The molecule has 33 heavy (non-hydrogen) atoms. The monoisotopic (exact) mass is 448 g/mol. The largest absolute Gasteiger partial charge is 0.335 e. The molecule has 3 aromatic rings. The van der Waals surface area contributed by atoms with Gasteiger partial charge in [0.25, 0.3) is 17.4 Å². The molecule has 0 spiro atoms. The molecule has 1 aliphatic rings. The van der Waals surface area contributed by atoms with Gasteiger partial charge < -0.3 is 10.6 Å². The highest BCUT2D eigenvalue weighted by atomic mass is 16.2. The molecule has 2 aromatic carbocycles. The number of nitrogens with one attached hydrogen (secondary N) is 4. The molecule has 4 amide bonds. The summed E-state index contributed by atoms with van der Waals surface area (Å²) in [5, 5.41) is 10.5. The number of amides is 4. The molecule has 170 valence electrons. The number of fused-ring (bicyclic) bond motifs is 1. The van der Waals surface area contributed by atoms with Gasteiger partial charge in [0.1, 0.15) is 0 Å². The summed E-state index contributed by atoms with van der Waals surface area (Å²) in [6.07, 6.45) is 1.98. The molecule has 1 aliphatic carbocycles. The van der Waals surface area contributed by atoms with E-state index in [1.807, 2.05) is 0 Å². The Labute approximate surface area is 189 Å². The van der Waals surface area contributed by atoms with Crippen LogP contribution in [0.3, 0.4) is 0 Å². The van der Waals surface area contributed by atoms with Crippen LogP contribution in [0.4, 0.5) is 10.5 Å². The maximum Gasteiger partial charge on any atom is 0.319 e. The Balaban J connectivity index is 1.44. The van der Waals surface area contributed by atoms with E-state index in [1.54, 1.807) is 50.2 Å². The second-order valence-corrected chi connectivity index (χ2v) is 8.10. The number of benzene rings is 2. The van der Waals surface area contributed by atoms with Gasteiger partial charge in [0.05, 0.1) is 11.4 Å². The number of urea groups is 1. The molecule has 0 atom stereocenters. The first-order valence-corrected chi connectivity index (χ1v) is 10.6. The fraction of sp³-hybridized carbons (Fsp3) is 0.261. The second kappa shape index (κ2) is 9.11. The molecule has 0 unspecified atom stereocenters. The molecule has 0 aliphatic heterocycles. The van der Waals surface area contributed by atoms with Gasteiger partial charge in [-0.2, -0.15) is 5.10 Å². The minimum atomic E-state index is -0.649. The Morgan fingerprint density at radius 2 is 1.58 bits per heavy atom. The van der Waals surface area contributed by atoms with E-state index < -0.39 is 11.8 Å². The van der Waals surface area contributed by atoms with Crippen molar-refractivity contribution in [2.75, 3.05) is 5.32 Å². The number of hydrogen-bond donors (Lipinski definition) is 4. The maximum absolute atomic E-state index is 12.8. The Kier molecular flexibility index (Phi) is 6.07. The van der Waals surface area contributed by atoms with E-state index in [1.165, 1.54) is 16.8 Å². The molecular formula is C23H24N6O4. The first-order valence-electron chi connectivity index (χ1n) is 10.6. The molecule has 10 heteroatoms. The van der Waals surface area contributed by atoms with Crippen LogP contribution in [-0.2, 0) is 0 Å². The molecule has 0 saturated heterocycles. The average Bonchev–Trinajstić information content (AvgIpc) is 3.61. The molecule has 4 N–H and O–H groups in total. The summed E-state index contributed by atoms with van der Waals surface area (Å²) in [5.74, 6) is -1.19. The van der Waals surface area contributed by atoms with Crippen molar-refractivity contribution >= 4 is 34.3 Å². The lowest BCUT2D eigenvalue weighted by Gasteiger charge is -2.14. The number of carbonyl (C=O) groups excluding carboxylic acids is 3. The van der Waals surface area contributed by atoms with Gasteiger partial charge >= 0.3 is 6.03 Å². The van der Waals surface area contributed by atoms with Crippen molar-refractivity contribution in [3.8, 4) is 0 Å². The minimum absolute atomic E-state index is 0.0282. The standard InChI is InChI=1S/C23H24N6O4/c1-13(2)29-22(32)18-6-4-3-5-17(18)19(28-29)21(31)27-26-20(30)14-7-9-15(10-8-14)24-23(33)25-16-11-12-16/h3-10,13,16H,11-12H2,1-2H3,(H,26,30)(H,27,31)(H2,24,25,33). The first kappa shape index (κ1) is 22.0. The highest BCUT2D eigenvalue weighted by Gasteiger charge is 2.23. The van der Waals surface area contributed by atoms with Gasteiger partial charge in [-0.05, 0) is 57.0 Å². The van der Waals surface area contributed by atoms with Gasteiger partial charge in [-0.15, -0.1) is 0 Å². The van der Waals surface area contributed by atoms with Crippen LogP contribution in [-0.4, -0.2) is 33.7 Å². The molecule has 1 saturated carbocycles. The third-order valence-corrected chi connectivity index (χ3v) is 5.14. The summed E-state index contributed by atoms with van der Waals surface area (Å²) in [6.45, 7) is 3.58. The summed E-state index contributed by atoms with van der Waals surface area (Å²) in [7, 11) is 0. The lowest BCUT2D eigenvalue weighted by atomic mass is 10.1. The molecule has 0 bridgehead atoms. The zero-order valence-corrected chi connectivity index (χ0v) is 18.2. The Morgan fingerprint density at radius 3 is 2.21 bits per heavy atom. The average molecular weight is 448 g/mol. The van der Waals surface area contributed by atoms with E-state index in [2.05, 4.69) is 26.6 Å². The molecular weight excluding hydrogens is 424 g/mol. The summed E-state index contributed by atoms with van der Waals surface area (Å²) < 4.78 is 1.24. The van der Waals surface area contributed by atoms with E-state index in [0.717, 1.165) is 12.8 Å². The van der Waals surface area contributed by atoms with E-state index in [-0.39, 0.29) is 34.9 Å². The van der Waals surface area contributed by atoms with Crippen LogP contribution in [0.5, 0.6) is 0 Å². The van der Waals surface area contributed by atoms with Crippen molar-refractivity contribution in [3.05, 3.63) is 70.1 Å². The Bertz CT molecular complexity index is 1280. The Hall–Kier alpha value is -4.21. The topological polar surface area (TPSA) is 134 Å². The van der Waals surface area contributed by atoms with Crippen LogP contribution in [0.15, 0.2) is 53.3 Å². The highest BCUT2D eigenvalue weighted by molar-refractivity contribution is 6.06. The number of hydrogen-bond acceptors (Lipinski definition) is 5. The maximum atomic E-state index is 12.8. The second-order valence-electron chi connectivity index (χ2n) is 8.10. The molecule has 1 heterocycles. The first-order chi connectivity index (χ1) is 15.8. The molecule has 1 aromatic heterocycles. The van der Waals surface area contributed by atoms with Crippen LogP contribution < -0.4 is 27.0 Å². The zero-order valence-electron chi connectivity index (χ0n) is 18.2. The SMILES string of the molecule is CC(C)n1nc(C(=O)NNC(=O)c2ccc(NC(=O)NC3CC3)cc2)c2ccccc2c1=O. The van der Waals surface area contributed by atoms with Crippen molar-refractivity contribution in [1.82, 2.24) is 25.9 Å². The smallest absolute Gasteiger partial charge is 0.319 e. The summed E-state index contributed by atoms with van der Waals surface area (Å²) in [6, 6.07) is 12.6. The number of carbonyl (C=O) groups is 3. The molecule has 10 nitrogen and oxygen atoms in total. The van der Waals surface area contributed by atoms with Crippen molar-refractivity contribution < 1.29 is 14.4 Å². The van der Waals surface area contributed by atoms with E-state index in [4.69, 9.17) is 0 Å². The van der Waals surface area contributed by atoms with Crippen LogP contribution in [0, 0.1) is 0 Å². The van der Waals surface area contributed by atoms with Crippen molar-refractivity contribution in [3.63, 3.8) is 0 Å². The van der Waals surface area contributed by atoms with Gasteiger partial charge in [0.2, 0.25) is 0 Å². The number of aromatic nitrogens is 2. The molecule has 4 rings (SSSR count). The van der Waals surface area contributed by atoms with Gasteiger partial charge in [-0.25, -0.2) is 9.48 Å². The fourth-order valence-electron chi connectivity index (χ4n) is 3.25. The number of rotatable bonds is 5. The van der Waals surface area contributed by atoms with E-state index in [9.17, 15) is 19.2 Å². The van der Waals surface area contributed by atoms with Crippen LogP contribution in [0.2, 0.25) is 0 Å². The number of hydrazine groups is 1. The van der Waals surface area contributed by atoms with Crippen LogP contribution >= 0.6 is 0 Å². The third kappa shape index (κ3) is 5.00. The quantitative estimate of drug-likeness (QED) is 0.445. The van der Waals surface area contributed by atoms with Crippen LogP contribution in [0.1, 0.15) is 53.6 Å². The summed E-state index contributed by atoms with van der Waals surface area (Å²) in [4.78, 5) is 49.7. The van der Waals surface area contributed by atoms with Gasteiger partial charge in [-0.1, -0.05) is 18.2 Å². The van der Waals surface area contributed by atoms with Crippen molar-refractivity contribution in [1.29, 1.82) is 0 Å². The lowest BCUT2D eigenvalue weighted by Crippen LogP contribution is -2.43. The van der Waals surface area contributed by atoms with Gasteiger partial charge in [0.15, 0.2) is 5.69 Å². The van der Waals surface area contributed by atoms with E-state index in [0.29, 0.717) is 16.5 Å². The fourth-order valence-corrected chi connectivity index (χ4v) is 3.25. The zero-order chi connectivity index (χ0) is 23.5.